The van der Waals surface area contributed by atoms with Crippen molar-refractivity contribution in [3.05, 3.63) is 52.8 Å². The first kappa shape index (κ1) is 14.1. The molecule has 0 saturated carbocycles. The van der Waals surface area contributed by atoms with E-state index in [9.17, 15) is 9.18 Å². The van der Waals surface area contributed by atoms with E-state index in [2.05, 4.69) is 5.32 Å². The zero-order valence-corrected chi connectivity index (χ0v) is 11.4. The molecule has 0 bridgehead atoms. The van der Waals surface area contributed by atoms with Crippen LogP contribution in [0.5, 0.6) is 5.75 Å². The monoisotopic (exact) mass is 294 g/mol. The lowest BCUT2D eigenvalue weighted by Gasteiger charge is -2.11. The van der Waals surface area contributed by atoms with Crippen LogP contribution in [0.1, 0.15) is 10.4 Å². The highest BCUT2D eigenvalue weighted by Gasteiger charge is 2.18. The minimum absolute atomic E-state index is 0.147. The Hall–Kier alpha value is -2.27. The van der Waals surface area contributed by atoms with Gasteiger partial charge in [0, 0.05) is 5.69 Å². The number of nitrogens with two attached hydrogens (primary N) is 1. The summed E-state index contributed by atoms with van der Waals surface area (Å²) in [5, 5.41) is 2.79. The number of hydrogen-bond acceptors (Lipinski definition) is 3. The van der Waals surface area contributed by atoms with Crippen molar-refractivity contribution >= 4 is 28.9 Å². The van der Waals surface area contributed by atoms with Crippen molar-refractivity contribution in [2.24, 2.45) is 0 Å². The smallest absolute Gasteiger partial charge is 0.262 e. The molecule has 2 aromatic carbocycles. The van der Waals surface area contributed by atoms with Crippen molar-refractivity contribution < 1.29 is 13.9 Å². The van der Waals surface area contributed by atoms with Crippen LogP contribution < -0.4 is 15.8 Å². The largest absolute Gasteiger partial charge is 0.496 e. The molecule has 0 aliphatic carbocycles. The van der Waals surface area contributed by atoms with Gasteiger partial charge in [-0.15, -0.1) is 0 Å². The highest BCUT2D eigenvalue weighted by Crippen LogP contribution is 2.27. The molecule has 0 aliphatic rings. The summed E-state index contributed by atoms with van der Waals surface area (Å²) in [7, 11) is 1.36. The molecule has 1 amide bonds. The van der Waals surface area contributed by atoms with E-state index in [-0.39, 0.29) is 16.3 Å². The van der Waals surface area contributed by atoms with E-state index >= 15 is 0 Å². The van der Waals surface area contributed by atoms with Gasteiger partial charge >= 0.3 is 0 Å². The first-order valence-electron chi connectivity index (χ1n) is 5.72. The number of ether oxygens (including phenoxy) is 1. The fourth-order valence-corrected chi connectivity index (χ4v) is 1.95. The number of nitrogens with one attached hydrogen (secondary N) is 1. The molecule has 4 nitrogen and oxygen atoms in total. The lowest BCUT2D eigenvalue weighted by molar-refractivity contribution is 0.102. The minimum Gasteiger partial charge on any atom is -0.496 e. The molecule has 0 unspecified atom stereocenters. The summed E-state index contributed by atoms with van der Waals surface area (Å²) in [6.07, 6.45) is 0. The van der Waals surface area contributed by atoms with Crippen LogP contribution in [0.3, 0.4) is 0 Å². The van der Waals surface area contributed by atoms with Crippen molar-refractivity contribution in [3.63, 3.8) is 0 Å². The number of carbonyl (C=O) groups is 1. The summed E-state index contributed by atoms with van der Waals surface area (Å²) in [4.78, 5) is 12.1. The van der Waals surface area contributed by atoms with Crippen LogP contribution in [0.25, 0.3) is 0 Å². The number of rotatable bonds is 3. The molecule has 2 rings (SSSR count). The molecule has 0 saturated heterocycles. The number of halogens is 2. The number of hydrogen-bond donors (Lipinski definition) is 2. The Bertz CT molecular complexity index is 662. The van der Waals surface area contributed by atoms with E-state index in [0.29, 0.717) is 11.4 Å². The Balaban J connectivity index is 2.33. The Morgan fingerprint density at radius 3 is 2.75 bits per heavy atom. The maximum absolute atomic E-state index is 13.8. The number of amides is 1. The number of methoxy groups -OCH3 is 1. The summed E-state index contributed by atoms with van der Waals surface area (Å²) in [6, 6.07) is 8.77. The average Bonchev–Trinajstić information content (AvgIpc) is 2.41. The van der Waals surface area contributed by atoms with Crippen molar-refractivity contribution in [3.8, 4) is 5.75 Å². The molecule has 0 aromatic heterocycles. The molecule has 0 atom stereocenters. The Morgan fingerprint density at radius 1 is 1.35 bits per heavy atom. The van der Waals surface area contributed by atoms with E-state index in [1.807, 2.05) is 0 Å². The summed E-state index contributed by atoms with van der Waals surface area (Å²) in [5.41, 5.74) is 6.20. The Morgan fingerprint density at radius 2 is 2.10 bits per heavy atom. The van der Waals surface area contributed by atoms with Gasteiger partial charge < -0.3 is 15.8 Å². The van der Waals surface area contributed by atoms with Gasteiger partial charge in [-0.3, -0.25) is 4.79 Å². The molecule has 0 radical (unpaired) electrons. The highest BCUT2D eigenvalue weighted by atomic mass is 35.5. The zero-order valence-electron chi connectivity index (χ0n) is 10.6. The third-order valence-corrected chi connectivity index (χ3v) is 2.98. The molecule has 20 heavy (non-hydrogen) atoms. The molecule has 0 spiro atoms. The normalized spacial score (nSPS) is 10.2. The van der Waals surface area contributed by atoms with E-state index in [1.54, 1.807) is 12.1 Å². The van der Waals surface area contributed by atoms with Gasteiger partial charge in [0.25, 0.3) is 5.91 Å². The van der Waals surface area contributed by atoms with Crippen molar-refractivity contribution in [1.29, 1.82) is 0 Å². The van der Waals surface area contributed by atoms with E-state index < -0.39 is 11.7 Å². The standard InChI is InChI=1S/C14H12ClFN2O2/c1-20-12-4-2-3-10(16)13(12)14(19)18-11-6-5-8(17)7-9(11)15/h2-7H,17H2,1H3,(H,18,19). The summed E-state index contributed by atoms with van der Waals surface area (Å²) in [5.74, 6) is -1.17. The lowest BCUT2D eigenvalue weighted by Crippen LogP contribution is -2.15. The zero-order chi connectivity index (χ0) is 14.7. The quantitative estimate of drug-likeness (QED) is 0.854. The molecule has 0 heterocycles. The van der Waals surface area contributed by atoms with E-state index in [4.69, 9.17) is 22.1 Å². The van der Waals surface area contributed by atoms with E-state index in [0.717, 1.165) is 0 Å². The van der Waals surface area contributed by atoms with Gasteiger partial charge in [-0.1, -0.05) is 17.7 Å². The molecular weight excluding hydrogens is 283 g/mol. The number of carbonyl (C=O) groups excluding carboxylic acids is 1. The summed E-state index contributed by atoms with van der Waals surface area (Å²) >= 11 is 5.95. The van der Waals surface area contributed by atoms with Crippen LogP contribution in [0.2, 0.25) is 5.02 Å². The van der Waals surface area contributed by atoms with Crippen molar-refractivity contribution in [2.45, 2.75) is 0 Å². The lowest BCUT2D eigenvalue weighted by atomic mass is 10.1. The van der Waals surface area contributed by atoms with E-state index in [1.165, 1.54) is 31.4 Å². The average molecular weight is 295 g/mol. The van der Waals surface area contributed by atoms with Crippen LogP contribution in [-0.2, 0) is 0 Å². The molecule has 3 N–H and O–H groups in total. The second-order valence-corrected chi connectivity index (χ2v) is 4.42. The molecule has 6 heteroatoms. The van der Waals surface area contributed by atoms with Crippen LogP contribution >= 0.6 is 11.6 Å². The maximum atomic E-state index is 13.8. The molecule has 2 aromatic rings. The van der Waals surface area contributed by atoms with Crippen molar-refractivity contribution in [1.82, 2.24) is 0 Å². The molecule has 0 aliphatic heterocycles. The number of anilines is 2. The fourth-order valence-electron chi connectivity index (χ4n) is 1.71. The minimum atomic E-state index is -0.673. The van der Waals surface area contributed by atoms with Crippen LogP contribution in [0.15, 0.2) is 36.4 Å². The molecular formula is C14H12ClFN2O2. The first-order valence-corrected chi connectivity index (χ1v) is 6.09. The van der Waals surface area contributed by atoms with Gasteiger partial charge in [0.2, 0.25) is 0 Å². The predicted octanol–water partition coefficient (Wildman–Crippen LogP) is 3.32. The predicted molar refractivity (Wildman–Crippen MR) is 76.8 cm³/mol. The number of nitrogen functional groups attached to an aromatic ring is 1. The summed E-state index contributed by atoms with van der Waals surface area (Å²) < 4.78 is 18.7. The summed E-state index contributed by atoms with van der Waals surface area (Å²) in [6.45, 7) is 0. The second kappa shape index (κ2) is 5.79. The molecule has 0 fully saturated rings. The van der Waals surface area contributed by atoms with Gasteiger partial charge in [0.15, 0.2) is 0 Å². The van der Waals surface area contributed by atoms with Gasteiger partial charge in [0.05, 0.1) is 17.8 Å². The second-order valence-electron chi connectivity index (χ2n) is 4.01. The van der Waals surface area contributed by atoms with Gasteiger partial charge in [-0.05, 0) is 30.3 Å². The molecule has 104 valence electrons. The SMILES string of the molecule is COc1cccc(F)c1C(=O)Nc1ccc(N)cc1Cl. The third-order valence-electron chi connectivity index (χ3n) is 2.66. The van der Waals surface area contributed by atoms with Crippen LogP contribution in [0.4, 0.5) is 15.8 Å². The van der Waals surface area contributed by atoms with Gasteiger partial charge in [0.1, 0.15) is 17.1 Å². The van der Waals surface area contributed by atoms with Gasteiger partial charge in [-0.2, -0.15) is 0 Å². The highest BCUT2D eigenvalue weighted by molar-refractivity contribution is 6.34. The first-order chi connectivity index (χ1) is 9.52. The fraction of sp³-hybridized carbons (Fsp3) is 0.0714. The maximum Gasteiger partial charge on any atom is 0.262 e. The van der Waals surface area contributed by atoms with Crippen molar-refractivity contribution in [2.75, 3.05) is 18.2 Å². The number of benzene rings is 2. The Labute approximate surface area is 120 Å². The topological polar surface area (TPSA) is 64.3 Å². The van der Waals surface area contributed by atoms with Gasteiger partial charge in [-0.25, -0.2) is 4.39 Å². The van der Waals surface area contributed by atoms with Crippen LogP contribution in [-0.4, -0.2) is 13.0 Å². The Kier molecular flexibility index (Phi) is 4.10. The third kappa shape index (κ3) is 2.83. The van der Waals surface area contributed by atoms with Crippen LogP contribution in [0, 0.1) is 5.82 Å².